The lowest BCUT2D eigenvalue weighted by Crippen LogP contribution is -2.40. The van der Waals surface area contributed by atoms with E-state index < -0.39 is 6.10 Å². The van der Waals surface area contributed by atoms with Crippen LogP contribution in [0.15, 0.2) is 48.9 Å². The van der Waals surface area contributed by atoms with Gasteiger partial charge in [-0.3, -0.25) is 9.78 Å². The predicted molar refractivity (Wildman–Crippen MR) is 123 cm³/mol. The van der Waals surface area contributed by atoms with Crippen molar-refractivity contribution in [3.05, 3.63) is 65.6 Å². The summed E-state index contributed by atoms with van der Waals surface area (Å²) in [6, 6.07) is 8.84. The van der Waals surface area contributed by atoms with Crippen molar-refractivity contribution in [2.24, 2.45) is 0 Å². The van der Waals surface area contributed by atoms with Crippen molar-refractivity contribution in [3.8, 4) is 11.8 Å². The minimum atomic E-state index is -0.608. The highest BCUT2D eigenvalue weighted by atomic mass is 16.3. The van der Waals surface area contributed by atoms with Crippen LogP contribution in [0.2, 0.25) is 0 Å². The van der Waals surface area contributed by atoms with Gasteiger partial charge in [0.1, 0.15) is 5.82 Å². The average Bonchev–Trinajstić information content (AvgIpc) is 2.80. The number of nitrogen functional groups attached to an aromatic ring is 1. The number of fused-ring (bicyclic) bond motifs is 1. The zero-order chi connectivity index (χ0) is 22.2. The number of nitrogens with one attached hydrogen (secondary N) is 1. The molecule has 3 rings (SSSR count). The van der Waals surface area contributed by atoms with Gasteiger partial charge in [0.2, 0.25) is 0 Å². The van der Waals surface area contributed by atoms with Crippen LogP contribution in [0, 0.1) is 11.8 Å². The van der Waals surface area contributed by atoms with E-state index >= 15 is 0 Å². The van der Waals surface area contributed by atoms with E-state index in [2.05, 4.69) is 32.0 Å². The van der Waals surface area contributed by atoms with E-state index in [1.807, 2.05) is 19.9 Å². The molecule has 0 aliphatic heterocycles. The Hall–Kier alpha value is -3.47. The molecule has 0 aliphatic carbocycles. The number of anilines is 1. The highest BCUT2D eigenvalue weighted by molar-refractivity contribution is 5.94. The second kappa shape index (κ2) is 10.5. The molecular weight excluding hydrogens is 390 g/mol. The number of nitrogens with two attached hydrogens (primary N) is 1. The topological polar surface area (TPSA) is 104 Å². The Morgan fingerprint density at radius 3 is 2.61 bits per heavy atom. The van der Waals surface area contributed by atoms with Gasteiger partial charge in [0.15, 0.2) is 0 Å². The van der Waals surface area contributed by atoms with Crippen LogP contribution in [-0.4, -0.2) is 58.2 Å². The van der Waals surface area contributed by atoms with Crippen molar-refractivity contribution in [1.82, 2.24) is 20.2 Å². The van der Waals surface area contributed by atoms with Crippen LogP contribution in [0.5, 0.6) is 0 Å². The molecule has 0 spiro atoms. The first-order valence-corrected chi connectivity index (χ1v) is 10.3. The van der Waals surface area contributed by atoms with Gasteiger partial charge < -0.3 is 21.1 Å². The normalized spacial score (nSPS) is 11.7. The summed E-state index contributed by atoms with van der Waals surface area (Å²) >= 11 is 0. The molecule has 160 valence electrons. The number of aliphatic hydroxyl groups excluding tert-OH is 1. The van der Waals surface area contributed by atoms with Gasteiger partial charge in [-0.2, -0.15) is 0 Å². The van der Waals surface area contributed by atoms with Crippen molar-refractivity contribution in [2.75, 3.05) is 31.9 Å². The van der Waals surface area contributed by atoms with Crippen molar-refractivity contribution < 1.29 is 9.90 Å². The number of hydrogen-bond donors (Lipinski definition) is 3. The molecule has 31 heavy (non-hydrogen) atoms. The molecule has 0 radical (unpaired) electrons. The van der Waals surface area contributed by atoms with Crippen LogP contribution >= 0.6 is 0 Å². The molecule has 0 aliphatic rings. The van der Waals surface area contributed by atoms with Crippen molar-refractivity contribution in [3.63, 3.8) is 0 Å². The molecule has 2 aromatic heterocycles. The third kappa shape index (κ3) is 5.79. The summed E-state index contributed by atoms with van der Waals surface area (Å²) in [6.45, 7) is 6.55. The third-order valence-electron chi connectivity index (χ3n) is 5.06. The molecule has 0 saturated carbocycles. The number of aromatic nitrogens is 2. The Morgan fingerprint density at radius 2 is 1.90 bits per heavy atom. The number of carbonyl (C=O) groups is 1. The summed E-state index contributed by atoms with van der Waals surface area (Å²) < 4.78 is 0. The SMILES string of the molecule is CCN(CC)CC(O)CNC(=O)c1ccc(C#Cc2c(N)ncc3ccncc23)cc1. The maximum atomic E-state index is 12.4. The number of hydrogen-bond acceptors (Lipinski definition) is 6. The molecule has 7 heteroatoms. The van der Waals surface area contributed by atoms with Gasteiger partial charge in [-0.1, -0.05) is 25.7 Å². The van der Waals surface area contributed by atoms with Gasteiger partial charge in [0.05, 0.1) is 11.7 Å². The second-order valence-electron chi connectivity index (χ2n) is 7.16. The van der Waals surface area contributed by atoms with Crippen molar-refractivity contribution in [1.29, 1.82) is 0 Å². The minimum absolute atomic E-state index is 0.207. The Morgan fingerprint density at radius 1 is 1.16 bits per heavy atom. The fourth-order valence-corrected chi connectivity index (χ4v) is 3.20. The van der Waals surface area contributed by atoms with E-state index in [4.69, 9.17) is 5.73 Å². The summed E-state index contributed by atoms with van der Waals surface area (Å²) in [7, 11) is 0. The summed E-state index contributed by atoms with van der Waals surface area (Å²) in [5.74, 6) is 6.27. The monoisotopic (exact) mass is 417 g/mol. The quantitative estimate of drug-likeness (QED) is 0.508. The Balaban J connectivity index is 1.65. The summed E-state index contributed by atoms with van der Waals surface area (Å²) in [5, 5.41) is 14.6. The van der Waals surface area contributed by atoms with Gasteiger partial charge in [-0.25, -0.2) is 4.98 Å². The van der Waals surface area contributed by atoms with E-state index in [9.17, 15) is 9.90 Å². The molecule has 1 amide bonds. The van der Waals surface area contributed by atoms with E-state index in [1.165, 1.54) is 0 Å². The second-order valence-corrected chi connectivity index (χ2v) is 7.16. The van der Waals surface area contributed by atoms with Gasteiger partial charge in [0, 0.05) is 53.6 Å². The molecule has 3 aromatic rings. The van der Waals surface area contributed by atoms with Crippen LogP contribution in [0.25, 0.3) is 10.8 Å². The smallest absolute Gasteiger partial charge is 0.251 e. The third-order valence-corrected chi connectivity index (χ3v) is 5.06. The molecular formula is C24H27N5O2. The van der Waals surface area contributed by atoms with E-state index in [-0.39, 0.29) is 12.5 Å². The number of benzene rings is 1. The van der Waals surface area contributed by atoms with Crippen molar-refractivity contribution in [2.45, 2.75) is 20.0 Å². The van der Waals surface area contributed by atoms with Gasteiger partial charge in [-0.15, -0.1) is 0 Å². The first kappa shape index (κ1) is 22.2. The largest absolute Gasteiger partial charge is 0.390 e. The van der Waals surface area contributed by atoms with Crippen LogP contribution in [-0.2, 0) is 0 Å². The number of nitrogens with zero attached hydrogens (tertiary/aromatic N) is 3. The lowest BCUT2D eigenvalue weighted by Gasteiger charge is -2.22. The zero-order valence-electron chi connectivity index (χ0n) is 17.8. The van der Waals surface area contributed by atoms with Crippen LogP contribution in [0.4, 0.5) is 5.82 Å². The molecule has 1 aromatic carbocycles. The lowest BCUT2D eigenvalue weighted by atomic mass is 10.1. The number of likely N-dealkylation sites (N-methyl/N-ethyl adjacent to an activating group) is 1. The first-order valence-electron chi connectivity index (χ1n) is 10.3. The Labute approximate surface area is 182 Å². The fourth-order valence-electron chi connectivity index (χ4n) is 3.20. The number of amides is 1. The molecule has 0 saturated heterocycles. The summed E-state index contributed by atoms with van der Waals surface area (Å²) in [4.78, 5) is 22.8. The zero-order valence-corrected chi connectivity index (χ0v) is 17.8. The molecule has 7 nitrogen and oxygen atoms in total. The van der Waals surface area contributed by atoms with Crippen LogP contribution in [0.1, 0.15) is 35.3 Å². The fraction of sp³-hybridized carbons (Fsp3) is 0.292. The van der Waals surface area contributed by atoms with E-state index in [0.717, 1.165) is 29.4 Å². The predicted octanol–water partition coefficient (Wildman–Crippen LogP) is 2.04. The highest BCUT2D eigenvalue weighted by Crippen LogP contribution is 2.20. The summed E-state index contributed by atoms with van der Waals surface area (Å²) in [5.41, 5.74) is 7.90. The molecule has 1 atom stereocenters. The maximum absolute atomic E-state index is 12.4. The number of aliphatic hydroxyl groups is 1. The van der Waals surface area contributed by atoms with Gasteiger partial charge in [0.25, 0.3) is 5.91 Å². The standard InChI is InChI=1S/C24H27N5O2/c1-3-29(4-2)16-20(30)14-28-24(31)18-8-5-17(6-9-18)7-10-21-22-15-26-12-11-19(22)13-27-23(21)25/h5-6,8-9,11-13,15,20,30H,3-4,14,16H2,1-2H3,(H2,25,27)(H,28,31). The number of rotatable bonds is 7. The van der Waals surface area contributed by atoms with Gasteiger partial charge >= 0.3 is 0 Å². The Bertz CT molecular complexity index is 1100. The molecule has 4 N–H and O–H groups in total. The highest BCUT2D eigenvalue weighted by Gasteiger charge is 2.11. The Kier molecular flexibility index (Phi) is 7.55. The first-order chi connectivity index (χ1) is 15.0. The van der Waals surface area contributed by atoms with Crippen molar-refractivity contribution >= 4 is 22.5 Å². The number of carbonyl (C=O) groups excluding carboxylic acids is 1. The lowest BCUT2D eigenvalue weighted by molar-refractivity contribution is 0.0869. The molecule has 0 bridgehead atoms. The van der Waals surface area contributed by atoms with Crippen LogP contribution < -0.4 is 11.1 Å². The molecule has 1 unspecified atom stereocenters. The average molecular weight is 418 g/mol. The van der Waals surface area contributed by atoms with E-state index in [1.54, 1.807) is 42.9 Å². The van der Waals surface area contributed by atoms with Gasteiger partial charge in [-0.05, 0) is 43.4 Å². The van der Waals surface area contributed by atoms with E-state index in [0.29, 0.717) is 23.5 Å². The summed E-state index contributed by atoms with van der Waals surface area (Å²) in [6.07, 6.45) is 4.51. The molecule has 2 heterocycles. The van der Waals surface area contributed by atoms with Crippen LogP contribution in [0.3, 0.4) is 0 Å². The number of pyridine rings is 2. The maximum Gasteiger partial charge on any atom is 0.251 e. The molecule has 0 fully saturated rings. The minimum Gasteiger partial charge on any atom is -0.390 e.